The summed E-state index contributed by atoms with van der Waals surface area (Å²) in [5.74, 6) is 1.93. The Labute approximate surface area is 168 Å². The van der Waals surface area contributed by atoms with E-state index in [1.165, 1.54) is 0 Å². The Morgan fingerprint density at radius 2 is 2.33 bits per heavy atom. The van der Waals surface area contributed by atoms with Crippen LogP contribution in [0.25, 0.3) is 0 Å². The van der Waals surface area contributed by atoms with Crippen molar-refractivity contribution in [1.82, 2.24) is 10.2 Å². The molecule has 2 rings (SSSR count). The van der Waals surface area contributed by atoms with Gasteiger partial charge < -0.3 is 20.4 Å². The molecule has 1 aliphatic rings. The zero-order valence-electron chi connectivity index (χ0n) is 14.0. The lowest BCUT2D eigenvalue weighted by Gasteiger charge is -2.34. The van der Waals surface area contributed by atoms with Gasteiger partial charge in [0.05, 0.1) is 0 Å². The Morgan fingerprint density at radius 1 is 1.54 bits per heavy atom. The van der Waals surface area contributed by atoms with E-state index in [-0.39, 0.29) is 29.9 Å². The first-order chi connectivity index (χ1) is 11.1. The third-order valence-corrected chi connectivity index (χ3v) is 4.32. The van der Waals surface area contributed by atoms with Crippen LogP contribution in [0.15, 0.2) is 26.2 Å². The van der Waals surface area contributed by atoms with E-state index in [4.69, 9.17) is 15.1 Å². The fourth-order valence-electron chi connectivity index (χ4n) is 2.89. The normalized spacial score (nSPS) is 18.2. The van der Waals surface area contributed by atoms with Crippen molar-refractivity contribution < 1.29 is 9.21 Å². The second-order valence-electron chi connectivity index (χ2n) is 5.82. The summed E-state index contributed by atoms with van der Waals surface area (Å²) < 4.78 is 6.24. The number of furan rings is 1. The van der Waals surface area contributed by atoms with Crippen LogP contribution < -0.4 is 11.1 Å². The highest BCUT2D eigenvalue weighted by atomic mass is 127. The Morgan fingerprint density at radius 3 is 2.96 bits per heavy atom. The van der Waals surface area contributed by atoms with Crippen LogP contribution in [-0.4, -0.2) is 42.9 Å². The summed E-state index contributed by atoms with van der Waals surface area (Å²) in [6.07, 6.45) is 3.34. The summed E-state index contributed by atoms with van der Waals surface area (Å²) in [7, 11) is 0. The van der Waals surface area contributed by atoms with Gasteiger partial charge >= 0.3 is 0 Å². The average molecular weight is 513 g/mol. The number of hydrogen-bond acceptors (Lipinski definition) is 3. The zero-order valence-corrected chi connectivity index (χ0v) is 17.9. The molecule has 0 radical (unpaired) electrons. The maximum atomic E-state index is 11.1. The van der Waals surface area contributed by atoms with Crippen LogP contribution in [0.3, 0.4) is 0 Å². The first-order valence-corrected chi connectivity index (χ1v) is 8.93. The van der Waals surface area contributed by atoms with Crippen LogP contribution in [0.4, 0.5) is 0 Å². The van der Waals surface area contributed by atoms with Crippen molar-refractivity contribution >= 4 is 51.8 Å². The van der Waals surface area contributed by atoms with Crippen molar-refractivity contribution in [3.63, 3.8) is 0 Å². The molecule has 8 heteroatoms. The van der Waals surface area contributed by atoms with Crippen LogP contribution >= 0.6 is 39.9 Å². The minimum atomic E-state index is -0.220. The minimum absolute atomic E-state index is 0. The molecular formula is C16H26BrIN4O2. The zero-order chi connectivity index (χ0) is 16.7. The van der Waals surface area contributed by atoms with E-state index in [1.54, 1.807) is 0 Å². The molecule has 0 bridgehead atoms. The van der Waals surface area contributed by atoms with Gasteiger partial charge in [0.1, 0.15) is 5.76 Å². The van der Waals surface area contributed by atoms with Gasteiger partial charge in [0.2, 0.25) is 5.91 Å². The molecule has 3 N–H and O–H groups in total. The molecule has 0 aromatic carbocycles. The number of nitrogens with one attached hydrogen (secondary N) is 1. The van der Waals surface area contributed by atoms with Crippen molar-refractivity contribution in [3.8, 4) is 0 Å². The van der Waals surface area contributed by atoms with Crippen molar-refractivity contribution in [2.24, 2.45) is 16.6 Å². The van der Waals surface area contributed by atoms with Gasteiger partial charge in [-0.2, -0.15) is 0 Å². The van der Waals surface area contributed by atoms with E-state index >= 15 is 0 Å². The topological polar surface area (TPSA) is 83.9 Å². The number of guanidine groups is 1. The van der Waals surface area contributed by atoms with Crippen molar-refractivity contribution in [2.75, 3.05) is 26.2 Å². The molecule has 6 nitrogen and oxygen atoms in total. The first-order valence-electron chi connectivity index (χ1n) is 8.14. The molecule has 0 aliphatic carbocycles. The van der Waals surface area contributed by atoms with Gasteiger partial charge in [0, 0.05) is 39.0 Å². The number of halogens is 2. The van der Waals surface area contributed by atoms with Crippen LogP contribution in [0.5, 0.6) is 0 Å². The summed E-state index contributed by atoms with van der Waals surface area (Å²) in [6, 6.07) is 3.85. The van der Waals surface area contributed by atoms with Crippen LogP contribution in [0, 0.1) is 5.92 Å². The third kappa shape index (κ3) is 7.00. The molecular weight excluding hydrogens is 487 g/mol. The van der Waals surface area contributed by atoms with E-state index in [2.05, 4.69) is 33.1 Å². The number of carbonyl (C=O) groups is 1. The number of hydrogen-bond donors (Lipinski definition) is 2. The van der Waals surface area contributed by atoms with Crippen molar-refractivity contribution in [2.45, 2.75) is 32.6 Å². The maximum absolute atomic E-state index is 11.1. The van der Waals surface area contributed by atoms with Gasteiger partial charge in [-0.25, -0.2) is 0 Å². The number of primary amides is 1. The quantitative estimate of drug-likeness (QED) is 0.349. The van der Waals surface area contributed by atoms with E-state index in [9.17, 15) is 4.79 Å². The van der Waals surface area contributed by atoms with Gasteiger partial charge in [0.15, 0.2) is 10.6 Å². The fraction of sp³-hybridized carbons (Fsp3) is 0.625. The number of amides is 1. The highest BCUT2D eigenvalue weighted by Gasteiger charge is 2.23. The van der Waals surface area contributed by atoms with Crippen LogP contribution in [0.1, 0.15) is 31.9 Å². The maximum Gasteiger partial charge on any atom is 0.217 e. The van der Waals surface area contributed by atoms with Crippen LogP contribution in [-0.2, 0) is 11.2 Å². The Hall–Kier alpha value is -0.770. The van der Waals surface area contributed by atoms with Gasteiger partial charge in [-0.05, 0) is 53.7 Å². The molecule has 1 aromatic rings. The molecule has 1 fully saturated rings. The predicted octanol–water partition coefficient (Wildman–Crippen LogP) is 2.76. The van der Waals surface area contributed by atoms with Crippen molar-refractivity contribution in [1.29, 1.82) is 0 Å². The number of nitrogens with two attached hydrogens (primary N) is 1. The average Bonchev–Trinajstić information content (AvgIpc) is 2.91. The van der Waals surface area contributed by atoms with E-state index in [0.717, 1.165) is 55.3 Å². The Kier molecular flexibility index (Phi) is 9.72. The Bertz CT molecular complexity index is 550. The lowest BCUT2D eigenvalue weighted by molar-refractivity contribution is -0.119. The SMILES string of the molecule is CCNC(=NCCc1ccc(Br)o1)N1CCCC(CC(N)=O)C1.I. The second kappa shape index (κ2) is 11.0. The highest BCUT2D eigenvalue weighted by Crippen LogP contribution is 2.19. The molecule has 1 aliphatic heterocycles. The molecule has 2 heterocycles. The number of nitrogens with zero attached hydrogens (tertiary/aromatic N) is 2. The lowest BCUT2D eigenvalue weighted by Crippen LogP contribution is -2.47. The molecule has 1 unspecified atom stereocenters. The minimum Gasteiger partial charge on any atom is -0.454 e. The smallest absolute Gasteiger partial charge is 0.217 e. The molecule has 0 spiro atoms. The van der Waals surface area contributed by atoms with Gasteiger partial charge in [-0.3, -0.25) is 9.79 Å². The van der Waals surface area contributed by atoms with Crippen molar-refractivity contribution in [3.05, 3.63) is 22.6 Å². The number of aliphatic imine (C=N–C) groups is 1. The number of carbonyl (C=O) groups excluding carboxylic acids is 1. The molecule has 1 atom stereocenters. The van der Waals surface area contributed by atoms with Crippen LogP contribution in [0.2, 0.25) is 0 Å². The molecule has 24 heavy (non-hydrogen) atoms. The fourth-order valence-corrected chi connectivity index (χ4v) is 3.23. The van der Waals surface area contributed by atoms with E-state index < -0.39 is 0 Å². The lowest BCUT2D eigenvalue weighted by atomic mass is 9.95. The van der Waals surface area contributed by atoms with Gasteiger partial charge in [0.25, 0.3) is 0 Å². The summed E-state index contributed by atoms with van der Waals surface area (Å²) in [6.45, 7) is 5.35. The molecule has 1 aromatic heterocycles. The number of rotatable bonds is 6. The third-order valence-electron chi connectivity index (χ3n) is 3.89. The molecule has 1 amide bonds. The standard InChI is InChI=1S/C16H25BrN4O2.HI/c1-2-19-16(20-8-7-13-5-6-14(17)23-13)21-9-3-4-12(11-21)10-15(18)22;/h5-6,12H,2-4,7-11H2,1H3,(H2,18,22)(H,19,20);1H. The predicted molar refractivity (Wildman–Crippen MR) is 110 cm³/mol. The second-order valence-corrected chi connectivity index (χ2v) is 6.60. The van der Waals surface area contributed by atoms with E-state index in [0.29, 0.717) is 18.9 Å². The number of likely N-dealkylation sites (tertiary alicyclic amines) is 1. The van der Waals surface area contributed by atoms with Gasteiger partial charge in [-0.1, -0.05) is 0 Å². The Balaban J connectivity index is 0.00000288. The summed E-state index contributed by atoms with van der Waals surface area (Å²) in [5.41, 5.74) is 5.33. The molecule has 0 saturated carbocycles. The summed E-state index contributed by atoms with van der Waals surface area (Å²) in [5, 5.41) is 3.34. The summed E-state index contributed by atoms with van der Waals surface area (Å²) in [4.78, 5) is 18.1. The first kappa shape index (κ1) is 21.3. The molecule has 136 valence electrons. The number of piperidine rings is 1. The van der Waals surface area contributed by atoms with Gasteiger partial charge in [-0.15, -0.1) is 24.0 Å². The molecule has 1 saturated heterocycles. The monoisotopic (exact) mass is 512 g/mol. The summed E-state index contributed by atoms with van der Waals surface area (Å²) >= 11 is 3.31. The van der Waals surface area contributed by atoms with E-state index in [1.807, 2.05) is 12.1 Å². The highest BCUT2D eigenvalue weighted by molar-refractivity contribution is 14.0. The largest absolute Gasteiger partial charge is 0.454 e.